The molecular formula is C12H26N2O. The first-order valence-corrected chi connectivity index (χ1v) is 5.96. The van der Waals surface area contributed by atoms with Gasteiger partial charge < -0.3 is 10.6 Å². The average Bonchev–Trinajstić information content (AvgIpc) is 2.29. The van der Waals surface area contributed by atoms with Gasteiger partial charge in [0.25, 0.3) is 0 Å². The monoisotopic (exact) mass is 214 g/mol. The van der Waals surface area contributed by atoms with Gasteiger partial charge in [-0.05, 0) is 26.2 Å². The number of carbonyl (C=O) groups excluding carboxylic acids is 1. The maximum Gasteiger partial charge on any atom is 0.230 e. The molecule has 1 atom stereocenters. The molecular weight excluding hydrogens is 188 g/mol. The number of carbonyl (C=O) groups is 1. The van der Waals surface area contributed by atoms with Crippen LogP contribution in [-0.2, 0) is 4.79 Å². The second-order valence-corrected chi connectivity index (χ2v) is 4.36. The number of nitrogens with two attached hydrogens (primary N) is 1. The summed E-state index contributed by atoms with van der Waals surface area (Å²) < 4.78 is 0. The van der Waals surface area contributed by atoms with Crippen molar-refractivity contribution in [1.29, 1.82) is 0 Å². The molecule has 0 saturated carbocycles. The summed E-state index contributed by atoms with van der Waals surface area (Å²) in [5.74, 6) is 0.198. The van der Waals surface area contributed by atoms with E-state index < -0.39 is 0 Å². The van der Waals surface area contributed by atoms with Crippen molar-refractivity contribution in [2.24, 2.45) is 11.1 Å². The first-order chi connectivity index (χ1) is 6.98. The molecule has 1 amide bonds. The minimum atomic E-state index is -0.349. The smallest absolute Gasteiger partial charge is 0.230 e. The van der Waals surface area contributed by atoms with Crippen LogP contribution in [0.3, 0.4) is 0 Å². The van der Waals surface area contributed by atoms with Gasteiger partial charge in [-0.1, -0.05) is 20.8 Å². The predicted octanol–water partition coefficient (Wildman–Crippen LogP) is 2.01. The number of rotatable bonds is 6. The Bertz CT molecular complexity index is 192. The first-order valence-electron chi connectivity index (χ1n) is 5.96. The molecule has 3 nitrogen and oxygen atoms in total. The highest BCUT2D eigenvalue weighted by Gasteiger charge is 2.36. The topological polar surface area (TPSA) is 46.3 Å². The van der Waals surface area contributed by atoms with Crippen molar-refractivity contribution >= 4 is 5.91 Å². The Labute approximate surface area is 94.0 Å². The van der Waals surface area contributed by atoms with E-state index in [1.165, 1.54) is 0 Å². The highest BCUT2D eigenvalue weighted by Crippen LogP contribution is 2.28. The average molecular weight is 214 g/mol. The van der Waals surface area contributed by atoms with E-state index in [1.54, 1.807) is 0 Å². The van der Waals surface area contributed by atoms with Crippen LogP contribution in [0.4, 0.5) is 0 Å². The SMILES string of the molecule is CCC(C)N(C)C(=O)C(CC)(CC)CN. The Morgan fingerprint density at radius 3 is 2.07 bits per heavy atom. The molecule has 0 rings (SSSR count). The molecule has 0 radical (unpaired) electrons. The lowest BCUT2D eigenvalue weighted by Crippen LogP contribution is -2.48. The number of nitrogens with zero attached hydrogens (tertiary/aromatic N) is 1. The van der Waals surface area contributed by atoms with Crippen molar-refractivity contribution in [3.63, 3.8) is 0 Å². The van der Waals surface area contributed by atoms with Crippen molar-refractivity contribution in [3.05, 3.63) is 0 Å². The fourth-order valence-electron chi connectivity index (χ4n) is 1.78. The summed E-state index contributed by atoms with van der Waals surface area (Å²) in [6.07, 6.45) is 2.62. The minimum absolute atomic E-state index is 0.198. The van der Waals surface area contributed by atoms with Crippen molar-refractivity contribution < 1.29 is 4.79 Å². The van der Waals surface area contributed by atoms with Crippen LogP contribution in [0.15, 0.2) is 0 Å². The van der Waals surface area contributed by atoms with Crippen molar-refractivity contribution in [3.8, 4) is 0 Å². The van der Waals surface area contributed by atoms with Crippen LogP contribution in [0.25, 0.3) is 0 Å². The second-order valence-electron chi connectivity index (χ2n) is 4.36. The quantitative estimate of drug-likeness (QED) is 0.735. The third-order valence-corrected chi connectivity index (χ3v) is 3.77. The Kier molecular flexibility index (Phi) is 5.88. The van der Waals surface area contributed by atoms with Gasteiger partial charge >= 0.3 is 0 Å². The predicted molar refractivity (Wildman–Crippen MR) is 64.6 cm³/mol. The van der Waals surface area contributed by atoms with Gasteiger partial charge in [-0.25, -0.2) is 0 Å². The van der Waals surface area contributed by atoms with Crippen LogP contribution in [0, 0.1) is 5.41 Å². The highest BCUT2D eigenvalue weighted by atomic mass is 16.2. The van der Waals surface area contributed by atoms with Crippen LogP contribution < -0.4 is 5.73 Å². The third-order valence-electron chi connectivity index (χ3n) is 3.77. The highest BCUT2D eigenvalue weighted by molar-refractivity contribution is 5.83. The van der Waals surface area contributed by atoms with Gasteiger partial charge in [0.05, 0.1) is 5.41 Å². The largest absolute Gasteiger partial charge is 0.343 e. The summed E-state index contributed by atoms with van der Waals surface area (Å²) >= 11 is 0. The second kappa shape index (κ2) is 6.11. The molecule has 0 aromatic heterocycles. The van der Waals surface area contributed by atoms with Gasteiger partial charge in [-0.3, -0.25) is 4.79 Å². The van der Waals surface area contributed by atoms with E-state index in [9.17, 15) is 4.79 Å². The third kappa shape index (κ3) is 2.94. The Balaban J connectivity index is 4.78. The lowest BCUT2D eigenvalue weighted by molar-refractivity contribution is -0.142. The molecule has 0 heterocycles. The molecule has 0 aromatic carbocycles. The summed E-state index contributed by atoms with van der Waals surface area (Å²) in [5, 5.41) is 0. The molecule has 0 aliphatic rings. The van der Waals surface area contributed by atoms with E-state index in [0.717, 1.165) is 19.3 Å². The van der Waals surface area contributed by atoms with Gasteiger partial charge in [0, 0.05) is 19.6 Å². The van der Waals surface area contributed by atoms with Gasteiger partial charge in [0.1, 0.15) is 0 Å². The molecule has 0 fully saturated rings. The standard InChI is InChI=1S/C12H26N2O/c1-6-10(4)14(5)11(15)12(7-2,8-3)9-13/h10H,6-9,13H2,1-5H3. The number of hydrogen-bond acceptors (Lipinski definition) is 2. The van der Waals surface area contributed by atoms with Gasteiger partial charge in [-0.15, -0.1) is 0 Å². The van der Waals surface area contributed by atoms with Crippen LogP contribution in [0.2, 0.25) is 0 Å². The van der Waals surface area contributed by atoms with Gasteiger partial charge in [0.2, 0.25) is 5.91 Å². The number of hydrogen-bond donors (Lipinski definition) is 1. The van der Waals surface area contributed by atoms with E-state index in [4.69, 9.17) is 5.73 Å². The fourth-order valence-corrected chi connectivity index (χ4v) is 1.78. The summed E-state index contributed by atoms with van der Waals surface area (Å²) in [6.45, 7) is 8.69. The van der Waals surface area contributed by atoms with Crippen molar-refractivity contribution in [2.45, 2.75) is 53.0 Å². The van der Waals surface area contributed by atoms with E-state index in [-0.39, 0.29) is 11.3 Å². The van der Waals surface area contributed by atoms with E-state index in [2.05, 4.69) is 13.8 Å². The molecule has 0 aliphatic heterocycles. The maximum atomic E-state index is 12.3. The lowest BCUT2D eigenvalue weighted by atomic mass is 9.80. The summed E-state index contributed by atoms with van der Waals surface area (Å²) in [5.41, 5.74) is 5.41. The molecule has 0 aliphatic carbocycles. The zero-order valence-corrected chi connectivity index (χ0v) is 10.8. The number of amides is 1. The molecule has 0 bridgehead atoms. The lowest BCUT2D eigenvalue weighted by Gasteiger charge is -2.36. The van der Waals surface area contributed by atoms with E-state index in [0.29, 0.717) is 12.6 Å². The Morgan fingerprint density at radius 2 is 1.80 bits per heavy atom. The molecule has 0 aromatic rings. The maximum absolute atomic E-state index is 12.3. The molecule has 1 unspecified atom stereocenters. The molecule has 0 saturated heterocycles. The minimum Gasteiger partial charge on any atom is -0.343 e. The van der Waals surface area contributed by atoms with Gasteiger partial charge in [-0.2, -0.15) is 0 Å². The summed E-state index contributed by atoms with van der Waals surface area (Å²) in [7, 11) is 1.88. The summed E-state index contributed by atoms with van der Waals surface area (Å²) in [6, 6.07) is 0.293. The normalized spacial score (nSPS) is 13.7. The van der Waals surface area contributed by atoms with Crippen molar-refractivity contribution in [2.75, 3.05) is 13.6 Å². The van der Waals surface area contributed by atoms with Gasteiger partial charge in [0.15, 0.2) is 0 Å². The van der Waals surface area contributed by atoms with Crippen LogP contribution in [0.1, 0.15) is 47.0 Å². The van der Waals surface area contributed by atoms with Crippen LogP contribution in [0.5, 0.6) is 0 Å². The van der Waals surface area contributed by atoms with Crippen LogP contribution in [-0.4, -0.2) is 30.4 Å². The van der Waals surface area contributed by atoms with E-state index >= 15 is 0 Å². The van der Waals surface area contributed by atoms with E-state index in [1.807, 2.05) is 25.8 Å². The molecule has 3 heteroatoms. The zero-order chi connectivity index (χ0) is 12.1. The molecule has 90 valence electrons. The Hall–Kier alpha value is -0.570. The summed E-state index contributed by atoms with van der Waals surface area (Å²) in [4.78, 5) is 14.2. The van der Waals surface area contributed by atoms with Crippen LogP contribution >= 0.6 is 0 Å². The molecule has 0 spiro atoms. The van der Waals surface area contributed by atoms with Crippen molar-refractivity contribution in [1.82, 2.24) is 4.90 Å². The Morgan fingerprint density at radius 1 is 1.33 bits per heavy atom. The zero-order valence-electron chi connectivity index (χ0n) is 10.8. The fraction of sp³-hybridized carbons (Fsp3) is 0.917. The molecule has 15 heavy (non-hydrogen) atoms. The first kappa shape index (κ1) is 14.4. The molecule has 2 N–H and O–H groups in total.